The van der Waals surface area contributed by atoms with Crippen molar-refractivity contribution in [2.45, 2.75) is 32.7 Å². The molecule has 1 aliphatic heterocycles. The number of likely N-dealkylation sites (tertiary alicyclic amines) is 1. The van der Waals surface area contributed by atoms with Crippen molar-refractivity contribution in [3.63, 3.8) is 0 Å². The molecule has 2 heterocycles. The van der Waals surface area contributed by atoms with Gasteiger partial charge >= 0.3 is 12.0 Å². The minimum absolute atomic E-state index is 0.0134. The zero-order chi connectivity index (χ0) is 15.4. The molecule has 0 radical (unpaired) electrons. The molecule has 2 amide bonds. The summed E-state index contributed by atoms with van der Waals surface area (Å²) >= 11 is 0. The fraction of sp³-hybridized carbons (Fsp3) is 0.692. The number of hydrogen-bond acceptors (Lipinski definition) is 4. The summed E-state index contributed by atoms with van der Waals surface area (Å²) in [6.07, 6.45) is 3.47. The SMILES string of the molecule is CCCCN(CC)C(=O)N1CC(n2cc(C(=O)O)nn2)C1. The molecule has 1 aromatic rings. The van der Waals surface area contributed by atoms with Gasteiger partial charge in [-0.1, -0.05) is 18.6 Å². The molecule has 8 heteroatoms. The summed E-state index contributed by atoms with van der Waals surface area (Å²) in [5, 5.41) is 16.2. The van der Waals surface area contributed by atoms with Crippen LogP contribution in [-0.2, 0) is 0 Å². The van der Waals surface area contributed by atoms with Crippen molar-refractivity contribution in [2.75, 3.05) is 26.2 Å². The van der Waals surface area contributed by atoms with Crippen LogP contribution < -0.4 is 0 Å². The van der Waals surface area contributed by atoms with Crippen LogP contribution >= 0.6 is 0 Å². The second kappa shape index (κ2) is 6.55. The minimum atomic E-state index is -1.09. The zero-order valence-electron chi connectivity index (χ0n) is 12.4. The summed E-state index contributed by atoms with van der Waals surface area (Å²) in [6, 6.07) is 0.0557. The number of carbonyl (C=O) groups excluding carboxylic acids is 1. The van der Waals surface area contributed by atoms with E-state index >= 15 is 0 Å². The molecule has 0 aliphatic carbocycles. The number of aromatic nitrogens is 3. The Balaban J connectivity index is 1.87. The highest BCUT2D eigenvalue weighted by atomic mass is 16.4. The maximum atomic E-state index is 12.3. The monoisotopic (exact) mass is 295 g/mol. The Labute approximate surface area is 123 Å². The van der Waals surface area contributed by atoms with Crippen molar-refractivity contribution < 1.29 is 14.7 Å². The van der Waals surface area contributed by atoms with Crippen molar-refractivity contribution in [3.05, 3.63) is 11.9 Å². The average molecular weight is 295 g/mol. The smallest absolute Gasteiger partial charge is 0.358 e. The Morgan fingerprint density at radius 2 is 2.14 bits per heavy atom. The van der Waals surface area contributed by atoms with Gasteiger partial charge in [-0.25, -0.2) is 14.3 Å². The molecule has 0 spiro atoms. The maximum Gasteiger partial charge on any atom is 0.358 e. The Kier molecular flexibility index (Phi) is 4.77. The standard InChI is InChI=1S/C13H21N5O3/c1-3-5-6-16(4-2)13(21)17-7-10(8-17)18-9-11(12(19)20)14-15-18/h9-10H,3-8H2,1-2H3,(H,19,20). The molecule has 1 saturated heterocycles. The number of carboxylic acids is 1. The molecule has 0 aromatic carbocycles. The predicted octanol–water partition coefficient (Wildman–Crippen LogP) is 1.07. The molecular formula is C13H21N5O3. The summed E-state index contributed by atoms with van der Waals surface area (Å²) in [7, 11) is 0. The largest absolute Gasteiger partial charge is 0.476 e. The predicted molar refractivity (Wildman–Crippen MR) is 75.1 cm³/mol. The van der Waals surface area contributed by atoms with E-state index in [4.69, 9.17) is 5.11 Å². The van der Waals surface area contributed by atoms with Crippen LogP contribution in [0.5, 0.6) is 0 Å². The summed E-state index contributed by atoms with van der Waals surface area (Å²) in [6.45, 7) is 6.64. The van der Waals surface area contributed by atoms with Crippen LogP contribution in [0.3, 0.4) is 0 Å². The number of urea groups is 1. The molecule has 116 valence electrons. The van der Waals surface area contributed by atoms with E-state index in [1.165, 1.54) is 10.9 Å². The second-order valence-corrected chi connectivity index (χ2v) is 5.16. The molecule has 0 saturated carbocycles. The number of nitrogens with zero attached hydrogens (tertiary/aromatic N) is 5. The van der Waals surface area contributed by atoms with Gasteiger partial charge in [-0.3, -0.25) is 0 Å². The van der Waals surface area contributed by atoms with Gasteiger partial charge in [0.25, 0.3) is 0 Å². The molecule has 1 N–H and O–H groups in total. The van der Waals surface area contributed by atoms with E-state index in [1.54, 1.807) is 4.90 Å². The first-order chi connectivity index (χ1) is 10.1. The number of carboxylic acid groups (broad SMARTS) is 1. The number of amides is 2. The summed E-state index contributed by atoms with van der Waals surface area (Å²) in [5.41, 5.74) is -0.0714. The average Bonchev–Trinajstić information content (AvgIpc) is 2.87. The van der Waals surface area contributed by atoms with Gasteiger partial charge in [-0.05, 0) is 13.3 Å². The van der Waals surface area contributed by atoms with Gasteiger partial charge in [0.1, 0.15) is 0 Å². The summed E-state index contributed by atoms with van der Waals surface area (Å²) < 4.78 is 1.52. The Morgan fingerprint density at radius 3 is 2.67 bits per heavy atom. The first-order valence-corrected chi connectivity index (χ1v) is 7.25. The third kappa shape index (κ3) is 3.32. The van der Waals surface area contributed by atoms with Gasteiger partial charge in [0.2, 0.25) is 0 Å². The first kappa shape index (κ1) is 15.3. The molecule has 8 nitrogen and oxygen atoms in total. The van der Waals surface area contributed by atoms with E-state index in [0.29, 0.717) is 19.6 Å². The Morgan fingerprint density at radius 1 is 1.43 bits per heavy atom. The molecule has 0 bridgehead atoms. The quantitative estimate of drug-likeness (QED) is 0.847. The van der Waals surface area contributed by atoms with Gasteiger partial charge in [0, 0.05) is 26.2 Å². The van der Waals surface area contributed by atoms with E-state index in [1.807, 2.05) is 11.8 Å². The Bertz CT molecular complexity index is 510. The van der Waals surface area contributed by atoms with E-state index in [2.05, 4.69) is 17.2 Å². The van der Waals surface area contributed by atoms with Crippen LogP contribution in [0.1, 0.15) is 43.2 Å². The first-order valence-electron chi connectivity index (χ1n) is 7.25. The van der Waals surface area contributed by atoms with Gasteiger partial charge in [0.15, 0.2) is 5.69 Å². The number of carbonyl (C=O) groups is 2. The fourth-order valence-corrected chi connectivity index (χ4v) is 2.27. The van der Waals surface area contributed by atoms with Crippen molar-refractivity contribution in [1.82, 2.24) is 24.8 Å². The number of rotatable bonds is 6. The molecule has 2 rings (SSSR count). The van der Waals surface area contributed by atoms with Crippen molar-refractivity contribution in [3.8, 4) is 0 Å². The fourth-order valence-electron chi connectivity index (χ4n) is 2.27. The summed E-state index contributed by atoms with van der Waals surface area (Å²) in [4.78, 5) is 26.6. The molecule has 1 aliphatic rings. The number of aromatic carboxylic acids is 1. The van der Waals surface area contributed by atoms with Gasteiger partial charge in [-0.2, -0.15) is 0 Å². The second-order valence-electron chi connectivity index (χ2n) is 5.16. The minimum Gasteiger partial charge on any atom is -0.476 e. The third-order valence-electron chi connectivity index (χ3n) is 3.67. The maximum absolute atomic E-state index is 12.3. The van der Waals surface area contributed by atoms with Crippen LogP contribution in [0.15, 0.2) is 6.20 Å². The number of unbranched alkanes of at least 4 members (excludes halogenated alkanes) is 1. The van der Waals surface area contributed by atoms with Crippen molar-refractivity contribution >= 4 is 12.0 Å². The lowest BCUT2D eigenvalue weighted by atomic mass is 10.1. The van der Waals surface area contributed by atoms with Gasteiger partial charge in [0.05, 0.1) is 12.2 Å². The van der Waals surface area contributed by atoms with Crippen LogP contribution in [0, 0.1) is 0 Å². The molecule has 1 fully saturated rings. The summed E-state index contributed by atoms with van der Waals surface area (Å²) in [5.74, 6) is -1.09. The zero-order valence-corrected chi connectivity index (χ0v) is 12.4. The molecule has 1 aromatic heterocycles. The molecule has 0 unspecified atom stereocenters. The van der Waals surface area contributed by atoms with Gasteiger partial charge in [-0.15, -0.1) is 5.10 Å². The van der Waals surface area contributed by atoms with Crippen LogP contribution in [0.2, 0.25) is 0 Å². The van der Waals surface area contributed by atoms with E-state index < -0.39 is 5.97 Å². The lowest BCUT2D eigenvalue weighted by molar-refractivity contribution is 0.0689. The molecule has 0 atom stereocenters. The van der Waals surface area contributed by atoms with E-state index in [9.17, 15) is 9.59 Å². The number of hydrogen-bond donors (Lipinski definition) is 1. The van der Waals surface area contributed by atoms with Crippen molar-refractivity contribution in [2.24, 2.45) is 0 Å². The van der Waals surface area contributed by atoms with Gasteiger partial charge < -0.3 is 14.9 Å². The van der Waals surface area contributed by atoms with Crippen molar-refractivity contribution in [1.29, 1.82) is 0 Å². The highest BCUT2D eigenvalue weighted by molar-refractivity contribution is 5.84. The molecular weight excluding hydrogens is 274 g/mol. The lowest BCUT2D eigenvalue weighted by Crippen LogP contribution is -2.55. The highest BCUT2D eigenvalue weighted by Crippen LogP contribution is 2.22. The third-order valence-corrected chi connectivity index (χ3v) is 3.67. The van der Waals surface area contributed by atoms with Crippen LogP contribution in [0.4, 0.5) is 4.79 Å². The van der Waals surface area contributed by atoms with E-state index in [-0.39, 0.29) is 17.8 Å². The Hall–Kier alpha value is -2.12. The van der Waals surface area contributed by atoms with Crippen LogP contribution in [-0.4, -0.2) is 68.1 Å². The van der Waals surface area contributed by atoms with Crippen LogP contribution in [0.25, 0.3) is 0 Å². The normalized spacial score (nSPS) is 14.9. The lowest BCUT2D eigenvalue weighted by Gasteiger charge is -2.41. The highest BCUT2D eigenvalue weighted by Gasteiger charge is 2.34. The molecule has 21 heavy (non-hydrogen) atoms. The van der Waals surface area contributed by atoms with E-state index in [0.717, 1.165) is 19.4 Å². The topological polar surface area (TPSA) is 91.6 Å².